The van der Waals surface area contributed by atoms with E-state index in [1.165, 1.54) is 11.6 Å². The number of oxime groups is 1. The minimum absolute atomic E-state index is 0.0603. The predicted octanol–water partition coefficient (Wildman–Crippen LogP) is 2.51. The van der Waals surface area contributed by atoms with E-state index in [9.17, 15) is 13.2 Å². The lowest BCUT2D eigenvalue weighted by atomic mass is 10.0. The third kappa shape index (κ3) is 2.83. The van der Waals surface area contributed by atoms with Crippen LogP contribution in [-0.2, 0) is 13.2 Å². The van der Waals surface area contributed by atoms with Gasteiger partial charge in [0.25, 0.3) is 0 Å². The summed E-state index contributed by atoms with van der Waals surface area (Å²) in [5, 5.41) is 11.6. The molecule has 0 aliphatic rings. The molecule has 0 aliphatic heterocycles. The molecule has 0 spiro atoms. The number of halogens is 3. The molecule has 0 atom stereocenters. The molecule has 1 heterocycles. The standard InChI is InChI=1S/C13H13F3N4O/c1-7-5-8(3-4-9(7)11(17)19-21)12-18-10(6-20(12)2)13(14,15)16/h3-6,21H,1-2H3,(H2,17,19). The molecule has 0 saturated carbocycles. The molecule has 1 aromatic carbocycles. The molecule has 3 N–H and O–H groups in total. The summed E-state index contributed by atoms with van der Waals surface area (Å²) in [7, 11) is 1.49. The van der Waals surface area contributed by atoms with Crippen molar-refractivity contribution in [3.05, 3.63) is 41.2 Å². The molecule has 8 heteroatoms. The Morgan fingerprint density at radius 2 is 2.05 bits per heavy atom. The molecular formula is C13H13F3N4O. The summed E-state index contributed by atoms with van der Waals surface area (Å²) in [5.41, 5.74) is 6.25. The van der Waals surface area contributed by atoms with Crippen molar-refractivity contribution in [2.75, 3.05) is 0 Å². The highest BCUT2D eigenvalue weighted by Gasteiger charge is 2.34. The number of hydrogen-bond acceptors (Lipinski definition) is 3. The maximum atomic E-state index is 12.7. The lowest BCUT2D eigenvalue weighted by molar-refractivity contribution is -0.140. The molecule has 2 rings (SSSR count). The highest BCUT2D eigenvalue weighted by Crippen LogP contribution is 2.31. The van der Waals surface area contributed by atoms with Gasteiger partial charge < -0.3 is 15.5 Å². The van der Waals surface area contributed by atoms with E-state index in [1.807, 2.05) is 0 Å². The van der Waals surface area contributed by atoms with Gasteiger partial charge in [0, 0.05) is 24.4 Å². The van der Waals surface area contributed by atoms with Gasteiger partial charge in [-0.3, -0.25) is 0 Å². The first-order valence-electron chi connectivity index (χ1n) is 5.93. The minimum Gasteiger partial charge on any atom is -0.409 e. The van der Waals surface area contributed by atoms with E-state index in [4.69, 9.17) is 10.9 Å². The number of benzene rings is 1. The number of nitrogens with zero attached hydrogens (tertiary/aromatic N) is 3. The molecule has 0 amide bonds. The van der Waals surface area contributed by atoms with Gasteiger partial charge >= 0.3 is 6.18 Å². The van der Waals surface area contributed by atoms with Gasteiger partial charge in [-0.1, -0.05) is 17.3 Å². The Hall–Kier alpha value is -2.51. The van der Waals surface area contributed by atoms with Crippen LogP contribution >= 0.6 is 0 Å². The quantitative estimate of drug-likeness (QED) is 0.387. The Labute approximate surface area is 118 Å². The molecule has 0 fully saturated rings. The largest absolute Gasteiger partial charge is 0.434 e. The number of aryl methyl sites for hydroxylation is 2. The lowest BCUT2D eigenvalue weighted by Crippen LogP contribution is -2.14. The Morgan fingerprint density at radius 3 is 2.52 bits per heavy atom. The molecule has 0 saturated heterocycles. The van der Waals surface area contributed by atoms with Crippen LogP contribution < -0.4 is 5.73 Å². The zero-order chi connectivity index (χ0) is 15.8. The van der Waals surface area contributed by atoms with Gasteiger partial charge in [-0.05, 0) is 18.6 Å². The number of rotatable bonds is 2. The van der Waals surface area contributed by atoms with Crippen molar-refractivity contribution in [3.63, 3.8) is 0 Å². The maximum absolute atomic E-state index is 12.7. The van der Waals surface area contributed by atoms with Crippen molar-refractivity contribution in [1.82, 2.24) is 9.55 Å². The zero-order valence-corrected chi connectivity index (χ0v) is 11.3. The van der Waals surface area contributed by atoms with Crippen LogP contribution in [0.15, 0.2) is 29.6 Å². The SMILES string of the molecule is Cc1cc(-c2nc(C(F)(F)F)cn2C)ccc1C(N)=NO. The van der Waals surface area contributed by atoms with Crippen molar-refractivity contribution in [1.29, 1.82) is 0 Å². The minimum atomic E-state index is -4.49. The second-order valence-corrected chi connectivity index (χ2v) is 4.57. The van der Waals surface area contributed by atoms with Gasteiger partial charge in [0.1, 0.15) is 5.82 Å². The van der Waals surface area contributed by atoms with Gasteiger partial charge in [0.2, 0.25) is 0 Å². The average Bonchev–Trinajstić information content (AvgIpc) is 2.80. The van der Waals surface area contributed by atoms with Crippen LogP contribution in [0.4, 0.5) is 13.2 Å². The van der Waals surface area contributed by atoms with Gasteiger partial charge in [-0.2, -0.15) is 13.2 Å². The molecule has 21 heavy (non-hydrogen) atoms. The highest BCUT2D eigenvalue weighted by atomic mass is 19.4. The summed E-state index contributed by atoms with van der Waals surface area (Å²) in [6.45, 7) is 1.71. The van der Waals surface area contributed by atoms with Crippen LogP contribution in [0.3, 0.4) is 0 Å². The third-order valence-corrected chi connectivity index (χ3v) is 3.04. The van der Waals surface area contributed by atoms with E-state index in [1.54, 1.807) is 25.1 Å². The molecule has 0 radical (unpaired) electrons. The fraction of sp³-hybridized carbons (Fsp3) is 0.231. The zero-order valence-electron chi connectivity index (χ0n) is 11.3. The molecule has 5 nitrogen and oxygen atoms in total. The van der Waals surface area contributed by atoms with Crippen molar-refractivity contribution >= 4 is 5.84 Å². The van der Waals surface area contributed by atoms with E-state index in [0.717, 1.165) is 6.20 Å². The first-order chi connectivity index (χ1) is 9.74. The third-order valence-electron chi connectivity index (χ3n) is 3.04. The van der Waals surface area contributed by atoms with Crippen molar-refractivity contribution in [2.45, 2.75) is 13.1 Å². The van der Waals surface area contributed by atoms with Crippen LogP contribution in [0.2, 0.25) is 0 Å². The van der Waals surface area contributed by atoms with E-state index in [2.05, 4.69) is 10.1 Å². The van der Waals surface area contributed by atoms with Gasteiger partial charge in [0.15, 0.2) is 11.5 Å². The Balaban J connectivity index is 2.49. The number of amidine groups is 1. The van der Waals surface area contributed by atoms with Crippen molar-refractivity contribution < 1.29 is 18.4 Å². The summed E-state index contributed by atoms with van der Waals surface area (Å²) < 4.78 is 39.3. The van der Waals surface area contributed by atoms with E-state index >= 15 is 0 Å². The number of imidazole rings is 1. The first kappa shape index (κ1) is 14.9. The van der Waals surface area contributed by atoms with E-state index in [-0.39, 0.29) is 11.7 Å². The monoisotopic (exact) mass is 298 g/mol. The number of aromatic nitrogens is 2. The van der Waals surface area contributed by atoms with E-state index in [0.29, 0.717) is 16.7 Å². The van der Waals surface area contributed by atoms with Crippen LogP contribution in [-0.4, -0.2) is 20.6 Å². The summed E-state index contributed by atoms with van der Waals surface area (Å²) >= 11 is 0. The average molecular weight is 298 g/mol. The smallest absolute Gasteiger partial charge is 0.409 e. The maximum Gasteiger partial charge on any atom is 0.434 e. The fourth-order valence-corrected chi connectivity index (χ4v) is 2.02. The topological polar surface area (TPSA) is 76.4 Å². The summed E-state index contributed by atoms with van der Waals surface area (Å²) in [4.78, 5) is 3.61. The number of alkyl halides is 3. The first-order valence-corrected chi connectivity index (χ1v) is 5.93. The van der Waals surface area contributed by atoms with Crippen LogP contribution in [0.1, 0.15) is 16.8 Å². The lowest BCUT2D eigenvalue weighted by Gasteiger charge is -2.07. The van der Waals surface area contributed by atoms with Crippen LogP contribution in [0.25, 0.3) is 11.4 Å². The normalized spacial score (nSPS) is 12.7. The van der Waals surface area contributed by atoms with Crippen LogP contribution in [0, 0.1) is 6.92 Å². The molecule has 0 unspecified atom stereocenters. The van der Waals surface area contributed by atoms with Crippen molar-refractivity contribution in [3.8, 4) is 11.4 Å². The molecule has 2 aromatic rings. The summed E-state index contributed by atoms with van der Waals surface area (Å²) in [6, 6.07) is 4.78. The number of hydrogen-bond donors (Lipinski definition) is 2. The molecule has 112 valence electrons. The Kier molecular flexibility index (Phi) is 3.63. The van der Waals surface area contributed by atoms with Crippen molar-refractivity contribution in [2.24, 2.45) is 17.9 Å². The van der Waals surface area contributed by atoms with E-state index < -0.39 is 11.9 Å². The van der Waals surface area contributed by atoms with Gasteiger partial charge in [-0.25, -0.2) is 4.98 Å². The Bertz CT molecular complexity index is 704. The molecule has 0 aliphatic carbocycles. The van der Waals surface area contributed by atoms with Crippen LogP contribution in [0.5, 0.6) is 0 Å². The Morgan fingerprint density at radius 1 is 1.38 bits per heavy atom. The second kappa shape index (κ2) is 5.12. The predicted molar refractivity (Wildman–Crippen MR) is 70.9 cm³/mol. The van der Waals surface area contributed by atoms with Gasteiger partial charge in [-0.15, -0.1) is 0 Å². The number of nitrogens with two attached hydrogens (primary N) is 1. The highest BCUT2D eigenvalue weighted by molar-refractivity contribution is 5.98. The molecule has 1 aromatic heterocycles. The molecular weight excluding hydrogens is 285 g/mol. The van der Waals surface area contributed by atoms with Gasteiger partial charge in [0.05, 0.1) is 0 Å². The fourth-order valence-electron chi connectivity index (χ4n) is 2.02. The second-order valence-electron chi connectivity index (χ2n) is 4.57. The summed E-state index contributed by atoms with van der Waals surface area (Å²) in [5.74, 6) is 0.131. The summed E-state index contributed by atoms with van der Waals surface area (Å²) in [6.07, 6.45) is -3.55. The molecule has 0 bridgehead atoms.